The van der Waals surface area contributed by atoms with E-state index in [1.165, 1.54) is 24.0 Å². The van der Waals surface area contributed by atoms with Crippen LogP contribution in [0.15, 0.2) is 35.5 Å². The highest BCUT2D eigenvalue weighted by atomic mass is 19.1. The van der Waals surface area contributed by atoms with Gasteiger partial charge in [0.15, 0.2) is 0 Å². The number of nitrogens with two attached hydrogens (primary N) is 1. The molecule has 4 nitrogen and oxygen atoms in total. The van der Waals surface area contributed by atoms with Crippen LogP contribution in [0, 0.1) is 30.5 Å². The summed E-state index contributed by atoms with van der Waals surface area (Å²) in [4.78, 5) is 20.1. The zero-order valence-corrected chi connectivity index (χ0v) is 17.0. The Morgan fingerprint density at radius 1 is 1.29 bits per heavy atom. The van der Waals surface area contributed by atoms with Gasteiger partial charge in [-0.15, -0.1) is 0 Å². The smallest absolute Gasteiger partial charge is 0.267 e. The van der Waals surface area contributed by atoms with E-state index < -0.39 is 5.91 Å². The van der Waals surface area contributed by atoms with Gasteiger partial charge in [-0.1, -0.05) is 39.7 Å². The van der Waals surface area contributed by atoms with Crippen molar-refractivity contribution in [1.82, 2.24) is 4.98 Å². The Morgan fingerprint density at radius 2 is 2.04 bits per heavy atom. The van der Waals surface area contributed by atoms with Gasteiger partial charge in [-0.05, 0) is 42.9 Å². The maximum atomic E-state index is 14.9. The molecule has 0 saturated heterocycles. The Bertz CT molecular complexity index is 905. The summed E-state index contributed by atoms with van der Waals surface area (Å²) in [7, 11) is 0. The maximum absolute atomic E-state index is 14.9. The van der Waals surface area contributed by atoms with Crippen LogP contribution < -0.4 is 5.73 Å². The van der Waals surface area contributed by atoms with Crippen LogP contribution in [0.5, 0.6) is 0 Å². The third-order valence-corrected chi connectivity index (χ3v) is 5.80. The van der Waals surface area contributed by atoms with Crippen molar-refractivity contribution in [1.29, 1.82) is 0 Å². The average Bonchev–Trinajstić information content (AvgIpc) is 3.33. The van der Waals surface area contributed by atoms with Crippen molar-refractivity contribution in [2.45, 2.75) is 47.0 Å². The number of aromatic nitrogens is 1. The second kappa shape index (κ2) is 8.21. The molecule has 0 aliphatic heterocycles. The molecule has 5 heteroatoms. The highest BCUT2D eigenvalue weighted by Crippen LogP contribution is 2.50. The normalized spacial score (nSPS) is 21.6. The lowest BCUT2D eigenvalue weighted by Gasteiger charge is -2.10. The Labute approximate surface area is 166 Å². The summed E-state index contributed by atoms with van der Waals surface area (Å²) in [5.74, 6) is 0.942. The minimum atomic E-state index is -0.601. The largest absolute Gasteiger partial charge is 0.364 e. The van der Waals surface area contributed by atoms with Crippen molar-refractivity contribution in [3.63, 3.8) is 0 Å². The third-order valence-electron chi connectivity index (χ3n) is 5.80. The van der Waals surface area contributed by atoms with Gasteiger partial charge in [0, 0.05) is 35.0 Å². The molecule has 2 aromatic rings. The lowest BCUT2D eigenvalue weighted by atomic mass is 10.0. The van der Waals surface area contributed by atoms with Crippen molar-refractivity contribution in [2.24, 2.45) is 28.5 Å². The van der Waals surface area contributed by atoms with E-state index in [2.05, 4.69) is 25.8 Å². The van der Waals surface area contributed by atoms with E-state index in [0.29, 0.717) is 34.6 Å². The Kier molecular flexibility index (Phi) is 5.92. The first-order valence-corrected chi connectivity index (χ1v) is 10.0. The lowest BCUT2D eigenvalue weighted by molar-refractivity contribution is 0.0995. The summed E-state index contributed by atoms with van der Waals surface area (Å²) in [5.41, 5.74) is 9.25. The molecule has 3 rings (SSSR count). The number of hydrogen-bond donors (Lipinski definition) is 1. The molecule has 1 amide bonds. The predicted octanol–water partition coefficient (Wildman–Crippen LogP) is 5.46. The van der Waals surface area contributed by atoms with Gasteiger partial charge >= 0.3 is 0 Å². The molecule has 1 aromatic heterocycles. The van der Waals surface area contributed by atoms with Crippen molar-refractivity contribution < 1.29 is 9.18 Å². The Morgan fingerprint density at radius 3 is 2.57 bits per heavy atom. The van der Waals surface area contributed by atoms with Gasteiger partial charge < -0.3 is 5.73 Å². The van der Waals surface area contributed by atoms with Crippen molar-refractivity contribution in [3.05, 3.63) is 47.5 Å². The lowest BCUT2D eigenvalue weighted by Crippen LogP contribution is -2.12. The maximum Gasteiger partial charge on any atom is 0.267 e. The van der Waals surface area contributed by atoms with E-state index in [4.69, 9.17) is 10.7 Å². The monoisotopic (exact) mass is 381 g/mol. The number of amides is 1. The molecule has 28 heavy (non-hydrogen) atoms. The van der Waals surface area contributed by atoms with Crippen LogP contribution in [0.25, 0.3) is 11.1 Å². The van der Waals surface area contributed by atoms with Crippen LogP contribution in [0.1, 0.15) is 56.1 Å². The molecule has 1 saturated carbocycles. The average molecular weight is 381 g/mol. The molecule has 1 aromatic carbocycles. The highest BCUT2D eigenvalue weighted by Gasteiger charge is 2.47. The molecule has 0 radical (unpaired) electrons. The van der Waals surface area contributed by atoms with E-state index in [1.54, 1.807) is 12.1 Å². The number of pyridine rings is 1. The number of aliphatic imine (C=N–C) groups is 1. The molecule has 2 unspecified atom stereocenters. The zero-order chi connectivity index (χ0) is 20.4. The summed E-state index contributed by atoms with van der Waals surface area (Å²) in [5, 5.41) is 0. The van der Waals surface area contributed by atoms with Crippen molar-refractivity contribution >= 4 is 17.3 Å². The Hall–Kier alpha value is -2.56. The second-order valence-corrected chi connectivity index (χ2v) is 7.73. The molecule has 2 N–H and O–H groups in total. The topological polar surface area (TPSA) is 68.3 Å². The van der Waals surface area contributed by atoms with Gasteiger partial charge in [-0.2, -0.15) is 0 Å². The van der Waals surface area contributed by atoms with Gasteiger partial charge in [0.2, 0.25) is 0 Å². The molecule has 0 spiro atoms. The van der Waals surface area contributed by atoms with Gasteiger partial charge in [0.25, 0.3) is 5.91 Å². The number of primary amides is 1. The SMILES string of the molecule is CCCC(=Nc1cc(F)c(-c2ccc(C(N)=O)nc2)cc1C)C1C(CC)[C@@H]1C. The summed E-state index contributed by atoms with van der Waals surface area (Å²) in [6.07, 6.45) is 4.62. The van der Waals surface area contributed by atoms with Gasteiger partial charge in [-0.3, -0.25) is 14.8 Å². The first-order chi connectivity index (χ1) is 13.4. The minimum Gasteiger partial charge on any atom is -0.364 e. The first-order valence-electron chi connectivity index (χ1n) is 10.0. The number of carbonyl (C=O) groups is 1. The fourth-order valence-corrected chi connectivity index (χ4v) is 4.14. The molecule has 1 heterocycles. The summed E-state index contributed by atoms with van der Waals surface area (Å²) in [6.45, 7) is 8.61. The highest BCUT2D eigenvalue weighted by molar-refractivity contribution is 5.92. The molecule has 1 aliphatic carbocycles. The summed E-state index contributed by atoms with van der Waals surface area (Å²) < 4.78 is 14.9. The number of nitrogens with zero attached hydrogens (tertiary/aromatic N) is 2. The van der Waals surface area contributed by atoms with Gasteiger partial charge in [-0.25, -0.2) is 4.39 Å². The summed E-state index contributed by atoms with van der Waals surface area (Å²) in [6, 6.07) is 6.48. The first kappa shape index (κ1) is 20.2. The predicted molar refractivity (Wildman–Crippen MR) is 111 cm³/mol. The minimum absolute atomic E-state index is 0.162. The molecule has 1 aliphatic rings. The fraction of sp³-hybridized carbons (Fsp3) is 0.435. The van der Waals surface area contributed by atoms with Crippen LogP contribution in [0.3, 0.4) is 0 Å². The zero-order valence-electron chi connectivity index (χ0n) is 17.0. The molecule has 1 fully saturated rings. The van der Waals surface area contributed by atoms with Crippen molar-refractivity contribution in [3.8, 4) is 11.1 Å². The number of halogens is 1. The molecular weight excluding hydrogens is 353 g/mol. The van der Waals surface area contributed by atoms with Crippen molar-refractivity contribution in [2.75, 3.05) is 0 Å². The van der Waals surface area contributed by atoms with Gasteiger partial charge in [0.05, 0.1) is 5.69 Å². The molecule has 0 bridgehead atoms. The quantitative estimate of drug-likeness (QED) is 0.647. The van der Waals surface area contributed by atoms with Crippen LogP contribution in [0.4, 0.5) is 10.1 Å². The number of hydrogen-bond acceptors (Lipinski definition) is 3. The van der Waals surface area contributed by atoms with Crippen LogP contribution in [-0.2, 0) is 0 Å². The molecule has 3 atom stereocenters. The number of rotatable bonds is 7. The van der Waals surface area contributed by atoms with Crippen LogP contribution >= 0.6 is 0 Å². The van der Waals surface area contributed by atoms with Gasteiger partial charge in [0.1, 0.15) is 11.5 Å². The molecule has 148 valence electrons. The van der Waals surface area contributed by atoms with E-state index >= 15 is 0 Å². The number of benzene rings is 1. The second-order valence-electron chi connectivity index (χ2n) is 7.73. The summed E-state index contributed by atoms with van der Waals surface area (Å²) >= 11 is 0. The number of carbonyl (C=O) groups excluding carboxylic acids is 1. The standard InChI is InChI=1S/C23H28FN3O/c1-5-7-19(22-14(4)16(22)6-2)27-21-11-18(24)17(10-13(21)3)15-8-9-20(23(25)28)26-12-15/h8-12,14,16,22H,5-7H2,1-4H3,(H2,25,28)/t14-,16?,22?/m0/s1. The molecular formula is C23H28FN3O. The van der Waals surface area contributed by atoms with E-state index in [0.717, 1.165) is 24.8 Å². The van der Waals surface area contributed by atoms with Crippen LogP contribution in [-0.4, -0.2) is 16.6 Å². The van der Waals surface area contributed by atoms with E-state index in [1.807, 2.05) is 6.92 Å². The van der Waals surface area contributed by atoms with E-state index in [9.17, 15) is 9.18 Å². The van der Waals surface area contributed by atoms with E-state index in [-0.39, 0.29) is 11.5 Å². The fourth-order valence-electron chi connectivity index (χ4n) is 4.14. The third kappa shape index (κ3) is 3.98. The number of aryl methyl sites for hydroxylation is 1. The Balaban J connectivity index is 1.94. The van der Waals surface area contributed by atoms with Crippen LogP contribution in [0.2, 0.25) is 0 Å².